The first-order valence-electron chi connectivity index (χ1n) is 11.0. The zero-order chi connectivity index (χ0) is 24.5. The number of anilines is 1. The Balaban J connectivity index is 0.000000245. The first-order chi connectivity index (χ1) is 15.7. The van der Waals surface area contributed by atoms with E-state index in [1.165, 1.54) is 13.0 Å². The average molecular weight is 477 g/mol. The molecule has 180 valence electrons. The highest BCUT2D eigenvalue weighted by Crippen LogP contribution is 2.31. The number of phenols is 1. The van der Waals surface area contributed by atoms with Gasteiger partial charge in [0.1, 0.15) is 17.2 Å². The van der Waals surface area contributed by atoms with Crippen molar-refractivity contribution in [2.75, 3.05) is 38.2 Å². The highest BCUT2D eigenvalue weighted by molar-refractivity contribution is 6.32. The zero-order valence-electron chi connectivity index (χ0n) is 19.9. The molecule has 0 unspecified atom stereocenters. The molecule has 3 rings (SSSR count). The SMILES string of the molecule is CC(=O)Oc1cc(O)ccc1C(C)C.CCC(=O)N1CCN(c2ccc(Cl)c(OC)c2)CC1. The van der Waals surface area contributed by atoms with E-state index in [1.54, 1.807) is 19.2 Å². The minimum absolute atomic E-state index is 0.102. The fraction of sp³-hybridized carbons (Fsp3) is 0.440. The van der Waals surface area contributed by atoms with E-state index in [1.807, 2.05) is 43.9 Å². The predicted molar refractivity (Wildman–Crippen MR) is 131 cm³/mol. The lowest BCUT2D eigenvalue weighted by atomic mass is 10.0. The minimum Gasteiger partial charge on any atom is -0.508 e. The van der Waals surface area contributed by atoms with Gasteiger partial charge in [0, 0.05) is 57.3 Å². The largest absolute Gasteiger partial charge is 0.508 e. The maximum absolute atomic E-state index is 11.6. The van der Waals surface area contributed by atoms with Crippen LogP contribution in [0.15, 0.2) is 36.4 Å². The summed E-state index contributed by atoms with van der Waals surface area (Å²) >= 11 is 6.02. The molecule has 8 heteroatoms. The van der Waals surface area contributed by atoms with Gasteiger partial charge in [-0.2, -0.15) is 0 Å². The van der Waals surface area contributed by atoms with Crippen molar-refractivity contribution in [3.8, 4) is 17.2 Å². The van der Waals surface area contributed by atoms with Crippen LogP contribution in [0.4, 0.5) is 5.69 Å². The number of hydrogen-bond donors (Lipinski definition) is 1. The standard InChI is InChI=1S/C14H19ClN2O2.C11H14O3/c1-3-14(18)17-8-6-16(7-9-17)11-4-5-12(15)13(10-11)19-2;1-7(2)10-5-4-9(13)6-11(10)14-8(3)12/h4-5,10H,3,6-9H2,1-2H3;4-7,13H,1-3H3. The molecular formula is C25H33ClN2O5. The first kappa shape index (κ1) is 26.3. The summed E-state index contributed by atoms with van der Waals surface area (Å²) in [5.74, 6) is 1.33. The number of benzene rings is 2. The number of rotatable bonds is 5. The van der Waals surface area contributed by atoms with E-state index in [0.29, 0.717) is 22.9 Å². The zero-order valence-corrected chi connectivity index (χ0v) is 20.7. The van der Waals surface area contributed by atoms with Gasteiger partial charge in [-0.1, -0.05) is 38.4 Å². The third-order valence-electron chi connectivity index (χ3n) is 5.31. The van der Waals surface area contributed by atoms with Crippen LogP contribution in [0.25, 0.3) is 0 Å². The third-order valence-corrected chi connectivity index (χ3v) is 5.62. The van der Waals surface area contributed by atoms with Crippen LogP contribution in [-0.4, -0.2) is 55.2 Å². The van der Waals surface area contributed by atoms with Crippen molar-refractivity contribution in [3.05, 3.63) is 47.0 Å². The number of nitrogens with zero attached hydrogens (tertiary/aromatic N) is 2. The summed E-state index contributed by atoms with van der Waals surface area (Å²) in [6.07, 6.45) is 0.578. The molecule has 1 fully saturated rings. The Morgan fingerprint density at radius 2 is 1.73 bits per heavy atom. The van der Waals surface area contributed by atoms with Gasteiger partial charge in [-0.15, -0.1) is 0 Å². The summed E-state index contributed by atoms with van der Waals surface area (Å²) in [6, 6.07) is 10.6. The number of ether oxygens (including phenoxy) is 2. The molecular weight excluding hydrogens is 444 g/mol. The number of halogens is 1. The van der Waals surface area contributed by atoms with Gasteiger partial charge < -0.3 is 24.4 Å². The van der Waals surface area contributed by atoms with Gasteiger partial charge in [-0.05, 0) is 29.7 Å². The fourth-order valence-corrected chi connectivity index (χ4v) is 3.72. The Bertz CT molecular complexity index is 956. The monoisotopic (exact) mass is 476 g/mol. The van der Waals surface area contributed by atoms with Gasteiger partial charge in [-0.3, -0.25) is 9.59 Å². The second kappa shape index (κ2) is 12.3. The number of aromatic hydroxyl groups is 1. The molecule has 1 aliphatic heterocycles. The van der Waals surface area contributed by atoms with Crippen molar-refractivity contribution in [2.24, 2.45) is 0 Å². The molecule has 0 radical (unpaired) electrons. The smallest absolute Gasteiger partial charge is 0.308 e. The summed E-state index contributed by atoms with van der Waals surface area (Å²) in [5, 5.41) is 9.86. The van der Waals surface area contributed by atoms with Crippen molar-refractivity contribution in [1.82, 2.24) is 4.90 Å². The molecule has 7 nitrogen and oxygen atoms in total. The Morgan fingerprint density at radius 1 is 1.06 bits per heavy atom. The minimum atomic E-state index is -0.377. The van der Waals surface area contributed by atoms with Crippen molar-refractivity contribution in [3.63, 3.8) is 0 Å². The van der Waals surface area contributed by atoms with E-state index in [0.717, 1.165) is 37.4 Å². The van der Waals surface area contributed by atoms with Crippen LogP contribution in [0.2, 0.25) is 5.02 Å². The van der Waals surface area contributed by atoms with Crippen LogP contribution in [0.3, 0.4) is 0 Å². The van der Waals surface area contributed by atoms with Crippen molar-refractivity contribution < 1.29 is 24.2 Å². The van der Waals surface area contributed by atoms with E-state index < -0.39 is 0 Å². The third kappa shape index (κ3) is 7.56. The van der Waals surface area contributed by atoms with Gasteiger partial charge in [0.15, 0.2) is 0 Å². The van der Waals surface area contributed by atoms with Crippen LogP contribution in [0.5, 0.6) is 17.2 Å². The van der Waals surface area contributed by atoms with Gasteiger partial charge in [0.05, 0.1) is 12.1 Å². The summed E-state index contributed by atoms with van der Waals surface area (Å²) in [4.78, 5) is 26.6. The molecule has 0 aromatic heterocycles. The highest BCUT2D eigenvalue weighted by atomic mass is 35.5. The molecule has 1 amide bonds. The summed E-state index contributed by atoms with van der Waals surface area (Å²) in [6.45, 7) is 10.5. The van der Waals surface area contributed by atoms with Gasteiger partial charge in [0.25, 0.3) is 0 Å². The Morgan fingerprint density at radius 3 is 2.27 bits per heavy atom. The summed E-state index contributed by atoms with van der Waals surface area (Å²) < 4.78 is 10.2. The van der Waals surface area contributed by atoms with Crippen LogP contribution in [0.1, 0.15) is 45.6 Å². The summed E-state index contributed by atoms with van der Waals surface area (Å²) in [5.41, 5.74) is 2.00. The van der Waals surface area contributed by atoms with Crippen molar-refractivity contribution in [1.29, 1.82) is 0 Å². The van der Waals surface area contributed by atoms with Crippen LogP contribution in [-0.2, 0) is 9.59 Å². The van der Waals surface area contributed by atoms with Crippen molar-refractivity contribution >= 4 is 29.2 Å². The van der Waals surface area contributed by atoms with Crippen LogP contribution < -0.4 is 14.4 Å². The lowest BCUT2D eigenvalue weighted by Gasteiger charge is -2.36. The molecule has 2 aromatic rings. The van der Waals surface area contributed by atoms with Crippen molar-refractivity contribution in [2.45, 2.75) is 40.0 Å². The molecule has 1 saturated heterocycles. The Kier molecular flexibility index (Phi) is 9.85. The van der Waals surface area contributed by atoms with E-state index >= 15 is 0 Å². The topological polar surface area (TPSA) is 79.3 Å². The summed E-state index contributed by atoms with van der Waals surface area (Å²) in [7, 11) is 1.61. The van der Waals surface area contributed by atoms with Crippen LogP contribution in [0, 0.1) is 0 Å². The predicted octanol–water partition coefficient (Wildman–Crippen LogP) is 4.85. The molecule has 2 aromatic carbocycles. The average Bonchev–Trinajstić information content (AvgIpc) is 2.79. The number of piperazine rings is 1. The molecule has 0 saturated carbocycles. The first-order valence-corrected chi connectivity index (χ1v) is 11.4. The van der Waals surface area contributed by atoms with E-state index in [2.05, 4.69) is 4.90 Å². The van der Waals surface area contributed by atoms with E-state index in [4.69, 9.17) is 21.1 Å². The van der Waals surface area contributed by atoms with Crippen LogP contribution >= 0.6 is 11.6 Å². The molecule has 0 aliphatic carbocycles. The number of methoxy groups -OCH3 is 1. The normalized spacial score (nSPS) is 13.3. The highest BCUT2D eigenvalue weighted by Gasteiger charge is 2.20. The second-order valence-electron chi connectivity index (χ2n) is 8.01. The number of esters is 1. The number of amides is 1. The molecule has 0 spiro atoms. The molecule has 1 N–H and O–H groups in total. The second-order valence-corrected chi connectivity index (χ2v) is 8.42. The van der Waals surface area contributed by atoms with Gasteiger partial charge in [-0.25, -0.2) is 0 Å². The number of hydrogen-bond acceptors (Lipinski definition) is 6. The van der Waals surface area contributed by atoms with Gasteiger partial charge >= 0.3 is 5.97 Å². The lowest BCUT2D eigenvalue weighted by Crippen LogP contribution is -2.48. The van der Waals surface area contributed by atoms with Gasteiger partial charge in [0.2, 0.25) is 5.91 Å². The van der Waals surface area contributed by atoms with E-state index in [9.17, 15) is 14.7 Å². The molecule has 1 heterocycles. The number of carbonyl (C=O) groups excluding carboxylic acids is 2. The number of carbonyl (C=O) groups is 2. The quantitative estimate of drug-likeness (QED) is 0.491. The maximum atomic E-state index is 11.6. The molecule has 0 atom stereocenters. The maximum Gasteiger partial charge on any atom is 0.308 e. The number of phenolic OH excluding ortho intramolecular Hbond substituents is 1. The Hall–Kier alpha value is -2.93. The molecule has 33 heavy (non-hydrogen) atoms. The fourth-order valence-electron chi connectivity index (χ4n) is 3.53. The molecule has 1 aliphatic rings. The molecule has 0 bridgehead atoms. The Labute approximate surface area is 200 Å². The van der Waals surface area contributed by atoms with E-state index in [-0.39, 0.29) is 23.5 Å². The lowest BCUT2D eigenvalue weighted by molar-refractivity contribution is -0.132.